The normalized spacial score (nSPS) is 18.3. The minimum atomic E-state index is -3.11. The smallest absolute Gasteiger partial charge is 0.324 e. The Hall–Kier alpha value is -2.13. The molecule has 178 valence electrons. The van der Waals surface area contributed by atoms with E-state index in [4.69, 9.17) is 9.26 Å². The van der Waals surface area contributed by atoms with Crippen LogP contribution in [0.5, 0.6) is 5.75 Å². The molecule has 2 fully saturated rings. The van der Waals surface area contributed by atoms with E-state index in [0.717, 1.165) is 50.3 Å². The van der Waals surface area contributed by atoms with E-state index in [-0.39, 0.29) is 12.0 Å². The predicted molar refractivity (Wildman–Crippen MR) is 123 cm³/mol. The van der Waals surface area contributed by atoms with Crippen LogP contribution in [0, 0.1) is 0 Å². The Morgan fingerprint density at radius 2 is 1.69 bits per heavy atom. The van der Waals surface area contributed by atoms with E-state index in [1.807, 2.05) is 18.7 Å². The molecule has 1 aromatic heterocycles. The summed E-state index contributed by atoms with van der Waals surface area (Å²) in [7, 11) is -3.11. The Balaban J connectivity index is 0.000000182. The molecule has 0 atom stereocenters. The predicted octanol–water partition coefficient (Wildman–Crippen LogP) is 3.96. The minimum Gasteiger partial charge on any atom is -0.490 e. The quantitative estimate of drug-likeness (QED) is 0.707. The first-order chi connectivity index (χ1) is 15.2. The van der Waals surface area contributed by atoms with Crippen LogP contribution in [0.15, 0.2) is 33.7 Å². The van der Waals surface area contributed by atoms with Gasteiger partial charge in [0.25, 0.3) is 0 Å². The van der Waals surface area contributed by atoms with Crippen molar-refractivity contribution in [3.63, 3.8) is 0 Å². The van der Waals surface area contributed by atoms with Crippen LogP contribution < -0.4 is 9.64 Å². The minimum absolute atomic E-state index is 0.172. The second-order valence-electron chi connectivity index (χ2n) is 8.93. The lowest BCUT2D eigenvalue weighted by atomic mass is 9.98. The zero-order valence-corrected chi connectivity index (χ0v) is 20.1. The molecule has 1 saturated heterocycles. The number of nitrogens with zero attached hydrogens (tertiary/aromatic N) is 3. The van der Waals surface area contributed by atoms with Crippen molar-refractivity contribution in [3.8, 4) is 5.75 Å². The lowest BCUT2D eigenvalue weighted by Gasteiger charge is -2.27. The van der Waals surface area contributed by atoms with Crippen LogP contribution >= 0.6 is 0 Å². The van der Waals surface area contributed by atoms with Gasteiger partial charge in [-0.2, -0.15) is 4.98 Å². The van der Waals surface area contributed by atoms with Gasteiger partial charge in [0, 0.05) is 25.3 Å². The van der Waals surface area contributed by atoms with Gasteiger partial charge < -0.3 is 19.3 Å². The molecule has 1 N–H and O–H groups in total. The van der Waals surface area contributed by atoms with Gasteiger partial charge in [-0.3, -0.25) is 0 Å². The highest BCUT2D eigenvalue weighted by Gasteiger charge is 2.22. The van der Waals surface area contributed by atoms with Gasteiger partial charge in [-0.1, -0.05) is 25.4 Å². The standard InChI is InChI=1S/C13H18O3S.C10H17N3O2/c1-17(14,15)13-9-7-12(8-10-13)16-11-5-3-2-4-6-11;1-7(2)9-11-10(15-12-9)13-5-3-8(14)4-6-13/h7-11H,2-6H2,1H3;7-8,14H,3-6H2,1-2H3. The van der Waals surface area contributed by atoms with E-state index < -0.39 is 9.84 Å². The average Bonchev–Trinajstić information content (AvgIpc) is 3.26. The van der Waals surface area contributed by atoms with Crippen molar-refractivity contribution in [1.29, 1.82) is 0 Å². The van der Waals surface area contributed by atoms with Crippen LogP contribution in [0.1, 0.15) is 70.5 Å². The molecular formula is C23H35N3O5S. The number of hydrogen-bond acceptors (Lipinski definition) is 8. The molecule has 1 aromatic carbocycles. The molecule has 0 unspecified atom stereocenters. The van der Waals surface area contributed by atoms with Crippen molar-refractivity contribution in [3.05, 3.63) is 30.1 Å². The first-order valence-corrected chi connectivity index (χ1v) is 13.3. The van der Waals surface area contributed by atoms with Gasteiger partial charge in [-0.05, 0) is 62.8 Å². The molecule has 0 spiro atoms. The molecule has 0 amide bonds. The Morgan fingerprint density at radius 3 is 2.22 bits per heavy atom. The van der Waals surface area contributed by atoms with E-state index in [2.05, 4.69) is 10.1 Å². The molecule has 1 saturated carbocycles. The number of rotatable bonds is 5. The second kappa shape index (κ2) is 11.1. The van der Waals surface area contributed by atoms with Crippen molar-refractivity contribution >= 4 is 15.9 Å². The Labute approximate surface area is 190 Å². The topological polar surface area (TPSA) is 106 Å². The van der Waals surface area contributed by atoms with Gasteiger partial charge in [0.2, 0.25) is 0 Å². The molecule has 1 aliphatic heterocycles. The number of ether oxygens (including phenoxy) is 1. The van der Waals surface area contributed by atoms with Crippen molar-refractivity contribution in [2.24, 2.45) is 0 Å². The molecular weight excluding hydrogens is 430 g/mol. The van der Waals surface area contributed by atoms with E-state index in [0.29, 0.717) is 17.0 Å². The van der Waals surface area contributed by atoms with Gasteiger partial charge in [0.05, 0.1) is 17.1 Å². The largest absolute Gasteiger partial charge is 0.490 e. The molecule has 2 aliphatic rings. The number of aliphatic hydroxyl groups excluding tert-OH is 1. The number of anilines is 1. The number of piperidine rings is 1. The molecule has 8 nitrogen and oxygen atoms in total. The summed E-state index contributed by atoms with van der Waals surface area (Å²) in [5, 5.41) is 13.3. The molecule has 0 bridgehead atoms. The SMILES string of the molecule is CC(C)c1noc(N2CCC(O)CC2)n1.CS(=O)(=O)c1ccc(OC2CCCCC2)cc1. The third-order valence-corrected chi connectivity index (χ3v) is 6.92. The van der Waals surface area contributed by atoms with Crippen molar-refractivity contribution in [1.82, 2.24) is 10.1 Å². The first kappa shape index (κ1) is 24.5. The maximum Gasteiger partial charge on any atom is 0.324 e. The zero-order valence-electron chi connectivity index (χ0n) is 19.2. The van der Waals surface area contributed by atoms with Crippen LogP contribution in [0.3, 0.4) is 0 Å². The van der Waals surface area contributed by atoms with Gasteiger partial charge in [-0.15, -0.1) is 0 Å². The van der Waals surface area contributed by atoms with Gasteiger partial charge in [0.15, 0.2) is 15.7 Å². The summed E-state index contributed by atoms with van der Waals surface area (Å²) in [6, 6.07) is 7.28. The molecule has 9 heteroatoms. The Morgan fingerprint density at radius 1 is 1.06 bits per heavy atom. The van der Waals surface area contributed by atoms with Crippen molar-refractivity contribution in [2.75, 3.05) is 24.2 Å². The summed E-state index contributed by atoms with van der Waals surface area (Å²) in [6.45, 7) is 5.66. The Kier molecular flexibility index (Phi) is 8.53. The zero-order chi connectivity index (χ0) is 23.1. The van der Waals surface area contributed by atoms with Gasteiger partial charge in [-0.25, -0.2) is 8.42 Å². The van der Waals surface area contributed by atoms with E-state index in [9.17, 15) is 13.5 Å². The summed E-state index contributed by atoms with van der Waals surface area (Å²) in [6.07, 6.45) is 8.86. The molecule has 4 rings (SSSR count). The highest BCUT2D eigenvalue weighted by molar-refractivity contribution is 7.90. The van der Waals surface area contributed by atoms with Crippen molar-refractivity contribution < 1.29 is 22.8 Å². The van der Waals surface area contributed by atoms with Crippen LogP contribution in [-0.4, -0.2) is 55.2 Å². The number of aliphatic hydroxyl groups is 1. The average molecular weight is 466 g/mol. The maximum absolute atomic E-state index is 11.3. The molecule has 1 aliphatic carbocycles. The maximum atomic E-state index is 11.3. The number of sulfone groups is 1. The van der Waals surface area contributed by atoms with E-state index in [1.54, 1.807) is 24.3 Å². The lowest BCUT2D eigenvalue weighted by molar-refractivity contribution is 0.143. The van der Waals surface area contributed by atoms with Gasteiger partial charge >= 0.3 is 6.01 Å². The summed E-state index contributed by atoms with van der Waals surface area (Å²) < 4.78 is 33.6. The monoisotopic (exact) mass is 465 g/mol. The fourth-order valence-electron chi connectivity index (χ4n) is 3.79. The number of benzene rings is 1. The highest BCUT2D eigenvalue weighted by Crippen LogP contribution is 2.24. The summed E-state index contributed by atoms with van der Waals surface area (Å²) in [5.41, 5.74) is 0. The number of hydrogen-bond donors (Lipinski definition) is 1. The summed E-state index contributed by atoms with van der Waals surface area (Å²) in [5.74, 6) is 1.80. The summed E-state index contributed by atoms with van der Waals surface area (Å²) in [4.78, 5) is 6.70. The van der Waals surface area contributed by atoms with Gasteiger partial charge in [0.1, 0.15) is 5.75 Å². The molecule has 32 heavy (non-hydrogen) atoms. The highest BCUT2D eigenvalue weighted by atomic mass is 32.2. The summed E-state index contributed by atoms with van der Waals surface area (Å²) >= 11 is 0. The van der Waals surface area contributed by atoms with Crippen LogP contribution in [-0.2, 0) is 9.84 Å². The second-order valence-corrected chi connectivity index (χ2v) is 10.9. The van der Waals surface area contributed by atoms with E-state index in [1.165, 1.54) is 25.5 Å². The number of aromatic nitrogens is 2. The first-order valence-electron chi connectivity index (χ1n) is 11.5. The van der Waals surface area contributed by atoms with Crippen LogP contribution in [0.25, 0.3) is 0 Å². The van der Waals surface area contributed by atoms with E-state index >= 15 is 0 Å². The fourth-order valence-corrected chi connectivity index (χ4v) is 4.42. The lowest BCUT2D eigenvalue weighted by Crippen LogP contribution is -2.36. The fraction of sp³-hybridized carbons (Fsp3) is 0.652. The molecule has 2 heterocycles. The third-order valence-electron chi connectivity index (χ3n) is 5.79. The van der Waals surface area contributed by atoms with Crippen molar-refractivity contribution in [2.45, 2.75) is 81.8 Å². The third kappa shape index (κ3) is 7.20. The molecule has 0 radical (unpaired) electrons. The molecule has 2 aromatic rings. The Bertz CT molecular complexity index is 929. The van der Waals surface area contributed by atoms with Crippen LogP contribution in [0.2, 0.25) is 0 Å². The van der Waals surface area contributed by atoms with Crippen LogP contribution in [0.4, 0.5) is 6.01 Å².